The first kappa shape index (κ1) is 23.6. The quantitative estimate of drug-likeness (QED) is 0.192. The highest BCUT2D eigenvalue weighted by atomic mass is 16.7. The van der Waals surface area contributed by atoms with Crippen LogP contribution in [-0.2, 0) is 14.2 Å². The van der Waals surface area contributed by atoms with E-state index in [0.717, 1.165) is 17.9 Å². The number of ether oxygens (including phenoxy) is 3. The first-order valence-corrected chi connectivity index (χ1v) is 10.3. The van der Waals surface area contributed by atoms with Gasteiger partial charge in [0.2, 0.25) is 0 Å². The standard InChI is InChI=1S/C23H39NO3/c1-8-9-10-14-19(5)24-20(6)27-22(17(2)3)23(26-16-25-7)21-15-12-11-13-18(21)4/h11-13,15,17,19,22-23H,8-10,14,16H2,1-7H3. The third-order valence-corrected chi connectivity index (χ3v) is 4.75. The highest BCUT2D eigenvalue weighted by molar-refractivity contribution is 5.73. The predicted octanol–water partition coefficient (Wildman–Crippen LogP) is 6.09. The Morgan fingerprint density at radius 2 is 1.81 bits per heavy atom. The smallest absolute Gasteiger partial charge is 0.180 e. The number of hydrogen-bond donors (Lipinski definition) is 0. The van der Waals surface area contributed by atoms with Crippen LogP contribution in [-0.4, -0.2) is 31.9 Å². The molecule has 0 N–H and O–H groups in total. The number of hydrogen-bond acceptors (Lipinski definition) is 4. The molecular weight excluding hydrogens is 338 g/mol. The number of aliphatic imine (C=N–C) groups is 1. The maximum Gasteiger partial charge on any atom is 0.180 e. The van der Waals surface area contributed by atoms with E-state index in [2.05, 4.69) is 46.8 Å². The minimum Gasteiger partial charge on any atom is -0.475 e. The molecule has 0 saturated carbocycles. The van der Waals surface area contributed by atoms with Gasteiger partial charge in [0.15, 0.2) is 5.90 Å². The molecule has 0 aliphatic rings. The largest absolute Gasteiger partial charge is 0.475 e. The van der Waals surface area contributed by atoms with Crippen molar-refractivity contribution in [3.05, 3.63) is 35.4 Å². The molecule has 0 aromatic heterocycles. The van der Waals surface area contributed by atoms with Gasteiger partial charge in [0, 0.05) is 14.0 Å². The van der Waals surface area contributed by atoms with Crippen molar-refractivity contribution in [1.29, 1.82) is 0 Å². The summed E-state index contributed by atoms with van der Waals surface area (Å²) in [6, 6.07) is 8.57. The van der Waals surface area contributed by atoms with E-state index in [4.69, 9.17) is 19.2 Å². The SMILES string of the molecule is CCCCCC(C)N=C(C)OC(C(C)C)C(OCOC)c1ccccc1C. The molecule has 3 atom stereocenters. The van der Waals surface area contributed by atoms with Crippen LogP contribution in [0.15, 0.2) is 29.3 Å². The zero-order valence-electron chi connectivity index (χ0n) is 18.3. The molecule has 0 amide bonds. The molecule has 0 bridgehead atoms. The molecule has 1 rings (SSSR count). The zero-order chi connectivity index (χ0) is 20.2. The van der Waals surface area contributed by atoms with E-state index in [9.17, 15) is 0 Å². The molecule has 0 aliphatic heterocycles. The Morgan fingerprint density at radius 1 is 1.11 bits per heavy atom. The molecular formula is C23H39NO3. The lowest BCUT2D eigenvalue weighted by Gasteiger charge is -2.31. The molecule has 1 aromatic rings. The van der Waals surface area contributed by atoms with E-state index in [0.29, 0.717) is 0 Å². The first-order chi connectivity index (χ1) is 12.9. The molecule has 154 valence electrons. The van der Waals surface area contributed by atoms with Crippen molar-refractivity contribution in [3.63, 3.8) is 0 Å². The molecule has 0 heterocycles. The maximum absolute atomic E-state index is 6.33. The second-order valence-electron chi connectivity index (χ2n) is 7.67. The van der Waals surface area contributed by atoms with Crippen LogP contribution in [0.3, 0.4) is 0 Å². The van der Waals surface area contributed by atoms with Gasteiger partial charge in [0.1, 0.15) is 19.0 Å². The van der Waals surface area contributed by atoms with Crippen LogP contribution in [0.1, 0.15) is 77.5 Å². The molecule has 0 aliphatic carbocycles. The fourth-order valence-corrected chi connectivity index (χ4v) is 3.25. The summed E-state index contributed by atoms with van der Waals surface area (Å²) < 4.78 is 17.6. The summed E-state index contributed by atoms with van der Waals surface area (Å²) in [4.78, 5) is 4.76. The van der Waals surface area contributed by atoms with Crippen LogP contribution < -0.4 is 0 Å². The molecule has 0 spiro atoms. The van der Waals surface area contributed by atoms with Gasteiger partial charge in [-0.1, -0.05) is 64.3 Å². The number of methoxy groups -OCH3 is 1. The van der Waals surface area contributed by atoms with Crippen molar-refractivity contribution in [3.8, 4) is 0 Å². The summed E-state index contributed by atoms with van der Waals surface area (Å²) in [7, 11) is 1.64. The summed E-state index contributed by atoms with van der Waals surface area (Å²) in [6.45, 7) is 13.0. The summed E-state index contributed by atoms with van der Waals surface area (Å²) in [6.07, 6.45) is 4.47. The van der Waals surface area contributed by atoms with Crippen LogP contribution in [0.2, 0.25) is 0 Å². The van der Waals surface area contributed by atoms with Gasteiger partial charge in [0.05, 0.1) is 6.04 Å². The average molecular weight is 378 g/mol. The zero-order valence-corrected chi connectivity index (χ0v) is 18.3. The van der Waals surface area contributed by atoms with Crippen LogP contribution in [0.4, 0.5) is 0 Å². The maximum atomic E-state index is 6.33. The fraction of sp³-hybridized carbons (Fsp3) is 0.696. The summed E-state index contributed by atoms with van der Waals surface area (Å²) in [5.41, 5.74) is 2.33. The molecule has 0 saturated heterocycles. The average Bonchev–Trinajstić information content (AvgIpc) is 2.62. The highest BCUT2D eigenvalue weighted by Gasteiger charge is 2.30. The molecule has 27 heavy (non-hydrogen) atoms. The summed E-state index contributed by atoms with van der Waals surface area (Å²) >= 11 is 0. The van der Waals surface area contributed by atoms with Gasteiger partial charge in [0.25, 0.3) is 0 Å². The lowest BCUT2D eigenvalue weighted by Crippen LogP contribution is -2.32. The Hall–Kier alpha value is -1.39. The molecule has 4 heteroatoms. The number of aryl methyl sites for hydroxylation is 1. The van der Waals surface area contributed by atoms with E-state index >= 15 is 0 Å². The number of unbranched alkanes of at least 4 members (excludes halogenated alkanes) is 2. The molecule has 0 radical (unpaired) electrons. The van der Waals surface area contributed by atoms with E-state index < -0.39 is 0 Å². The van der Waals surface area contributed by atoms with Gasteiger partial charge in [-0.15, -0.1) is 0 Å². The Morgan fingerprint density at radius 3 is 2.41 bits per heavy atom. The minimum atomic E-state index is -0.202. The van der Waals surface area contributed by atoms with Gasteiger partial charge in [-0.2, -0.15) is 0 Å². The third-order valence-electron chi connectivity index (χ3n) is 4.75. The second kappa shape index (κ2) is 12.9. The van der Waals surface area contributed by atoms with Crippen molar-refractivity contribution in [2.75, 3.05) is 13.9 Å². The third kappa shape index (κ3) is 8.44. The highest BCUT2D eigenvalue weighted by Crippen LogP contribution is 2.31. The Kier molecular flexibility index (Phi) is 11.3. The summed E-state index contributed by atoms with van der Waals surface area (Å²) in [5.74, 6) is 1.00. The Balaban J connectivity index is 2.95. The second-order valence-corrected chi connectivity index (χ2v) is 7.67. The normalized spacial score (nSPS) is 15.6. The lowest BCUT2D eigenvalue weighted by molar-refractivity contribution is -0.120. The van der Waals surface area contributed by atoms with Crippen LogP contribution in [0.5, 0.6) is 0 Å². The van der Waals surface area contributed by atoms with Crippen molar-refractivity contribution in [2.24, 2.45) is 10.9 Å². The van der Waals surface area contributed by atoms with Crippen molar-refractivity contribution >= 4 is 5.90 Å². The first-order valence-electron chi connectivity index (χ1n) is 10.3. The summed E-state index contributed by atoms with van der Waals surface area (Å²) in [5, 5.41) is 0. The van der Waals surface area contributed by atoms with E-state index in [1.54, 1.807) is 7.11 Å². The van der Waals surface area contributed by atoms with Gasteiger partial charge in [-0.25, -0.2) is 0 Å². The number of benzene rings is 1. The van der Waals surface area contributed by atoms with Crippen molar-refractivity contribution in [2.45, 2.75) is 85.5 Å². The van der Waals surface area contributed by atoms with Crippen molar-refractivity contribution in [1.82, 2.24) is 0 Å². The number of rotatable bonds is 12. The number of nitrogens with zero attached hydrogens (tertiary/aromatic N) is 1. The van der Waals surface area contributed by atoms with Crippen LogP contribution >= 0.6 is 0 Å². The Bertz CT molecular complexity index is 556. The van der Waals surface area contributed by atoms with Gasteiger partial charge < -0.3 is 14.2 Å². The van der Waals surface area contributed by atoms with E-state index in [-0.39, 0.29) is 31.0 Å². The molecule has 3 unspecified atom stereocenters. The topological polar surface area (TPSA) is 40.0 Å². The molecule has 0 fully saturated rings. The van der Waals surface area contributed by atoms with Crippen LogP contribution in [0.25, 0.3) is 0 Å². The van der Waals surface area contributed by atoms with Gasteiger partial charge >= 0.3 is 0 Å². The predicted molar refractivity (Wildman–Crippen MR) is 113 cm³/mol. The van der Waals surface area contributed by atoms with Gasteiger partial charge in [-0.05, 0) is 37.3 Å². The van der Waals surface area contributed by atoms with Crippen LogP contribution in [0, 0.1) is 12.8 Å². The van der Waals surface area contributed by atoms with E-state index in [1.165, 1.54) is 24.8 Å². The Labute approximate surface area is 166 Å². The van der Waals surface area contributed by atoms with Gasteiger partial charge in [-0.3, -0.25) is 4.99 Å². The van der Waals surface area contributed by atoms with E-state index in [1.807, 2.05) is 19.1 Å². The monoisotopic (exact) mass is 377 g/mol. The molecule has 4 nitrogen and oxygen atoms in total. The lowest BCUT2D eigenvalue weighted by atomic mass is 9.93. The fourth-order valence-electron chi connectivity index (χ4n) is 3.25. The minimum absolute atomic E-state index is 0.132. The van der Waals surface area contributed by atoms with Crippen molar-refractivity contribution < 1.29 is 14.2 Å². The molecule has 1 aromatic carbocycles.